The van der Waals surface area contributed by atoms with E-state index in [1.807, 2.05) is 26.0 Å². The molecule has 0 aromatic carbocycles. The number of ketones is 1. The minimum Gasteiger partial charge on any atom is -0.289 e. The third-order valence-electron chi connectivity index (χ3n) is 2.93. The second-order valence-corrected chi connectivity index (χ2v) is 6.35. The highest BCUT2D eigenvalue weighted by Crippen LogP contribution is 2.39. The fourth-order valence-corrected chi connectivity index (χ4v) is 2.79. The predicted molar refractivity (Wildman–Crippen MR) is 73.7 cm³/mol. The molecular formula is C13H12Br2O. The van der Waals surface area contributed by atoms with Crippen LogP contribution in [0.15, 0.2) is 43.4 Å². The van der Waals surface area contributed by atoms with E-state index in [1.54, 1.807) is 0 Å². The van der Waals surface area contributed by atoms with Crippen LogP contribution >= 0.6 is 31.9 Å². The van der Waals surface area contributed by atoms with Gasteiger partial charge in [0.2, 0.25) is 0 Å². The summed E-state index contributed by atoms with van der Waals surface area (Å²) in [5, 5.41) is 0. The van der Waals surface area contributed by atoms with Crippen LogP contribution in [-0.2, 0) is 4.79 Å². The van der Waals surface area contributed by atoms with E-state index in [1.165, 1.54) is 5.57 Å². The highest BCUT2D eigenvalue weighted by Gasteiger charge is 2.29. The number of rotatable bonds is 1. The zero-order valence-corrected chi connectivity index (χ0v) is 12.4. The van der Waals surface area contributed by atoms with Crippen LogP contribution in [0, 0.1) is 0 Å². The van der Waals surface area contributed by atoms with Gasteiger partial charge in [-0.05, 0) is 59.0 Å². The van der Waals surface area contributed by atoms with Gasteiger partial charge in [0.1, 0.15) is 0 Å². The van der Waals surface area contributed by atoms with Crippen molar-refractivity contribution in [1.82, 2.24) is 0 Å². The maximum Gasteiger partial charge on any atom is 0.193 e. The molecule has 0 N–H and O–H groups in total. The number of hydrogen-bond donors (Lipinski definition) is 0. The topological polar surface area (TPSA) is 17.1 Å². The van der Waals surface area contributed by atoms with Gasteiger partial charge >= 0.3 is 0 Å². The summed E-state index contributed by atoms with van der Waals surface area (Å²) in [7, 11) is 0. The molecule has 0 heterocycles. The molecule has 16 heavy (non-hydrogen) atoms. The monoisotopic (exact) mass is 342 g/mol. The second kappa shape index (κ2) is 4.46. The summed E-state index contributed by atoms with van der Waals surface area (Å²) in [6.45, 7) is 3.98. The van der Waals surface area contributed by atoms with Gasteiger partial charge in [0.05, 0.1) is 0 Å². The Balaban J connectivity index is 2.47. The Labute approximate surface area is 112 Å². The van der Waals surface area contributed by atoms with Gasteiger partial charge < -0.3 is 0 Å². The Kier molecular flexibility index (Phi) is 3.36. The Morgan fingerprint density at radius 1 is 1.44 bits per heavy atom. The molecule has 0 radical (unpaired) electrons. The van der Waals surface area contributed by atoms with Crippen LogP contribution < -0.4 is 0 Å². The molecule has 0 spiro atoms. The van der Waals surface area contributed by atoms with Gasteiger partial charge in [0.25, 0.3) is 0 Å². The van der Waals surface area contributed by atoms with Crippen molar-refractivity contribution >= 4 is 37.6 Å². The molecule has 1 nitrogen and oxygen atoms in total. The third-order valence-corrected chi connectivity index (χ3v) is 3.78. The number of allylic oxidation sites excluding steroid dienone is 8. The van der Waals surface area contributed by atoms with Crippen molar-refractivity contribution in [1.29, 1.82) is 0 Å². The minimum atomic E-state index is 0.156. The molecule has 84 valence electrons. The third kappa shape index (κ3) is 2.03. The minimum absolute atomic E-state index is 0.156. The van der Waals surface area contributed by atoms with E-state index in [0.29, 0.717) is 0 Å². The Morgan fingerprint density at radius 3 is 2.75 bits per heavy atom. The molecule has 0 amide bonds. The van der Waals surface area contributed by atoms with Crippen molar-refractivity contribution in [3.8, 4) is 0 Å². The van der Waals surface area contributed by atoms with Gasteiger partial charge in [-0.1, -0.05) is 31.9 Å². The molecule has 2 rings (SSSR count). The molecule has 0 bridgehead atoms. The lowest BCUT2D eigenvalue weighted by Crippen LogP contribution is -2.01. The summed E-state index contributed by atoms with van der Waals surface area (Å²) in [4.78, 5) is 12.2. The lowest BCUT2D eigenvalue weighted by atomic mass is 9.96. The fourth-order valence-electron chi connectivity index (χ4n) is 2.14. The summed E-state index contributed by atoms with van der Waals surface area (Å²) < 4.78 is 2.10. The van der Waals surface area contributed by atoms with Gasteiger partial charge in [0, 0.05) is 11.1 Å². The van der Waals surface area contributed by atoms with E-state index in [-0.39, 0.29) is 5.78 Å². The summed E-state index contributed by atoms with van der Waals surface area (Å²) >= 11 is 6.86. The van der Waals surface area contributed by atoms with Crippen molar-refractivity contribution in [2.24, 2.45) is 0 Å². The number of carbonyl (C=O) groups is 1. The standard InChI is InChI=1S/C13H12Br2O/c1-7(14)5-11-8(2)10-4-3-9(15)6-12(10)13(11)16/h5-6H,3-4H2,1-2H3/b7-5+. The average Bonchev–Trinajstić information content (AvgIpc) is 2.43. The first kappa shape index (κ1) is 12.1. The normalized spacial score (nSPS) is 21.6. The van der Waals surface area contributed by atoms with E-state index in [2.05, 4.69) is 31.9 Å². The number of Topliss-reactive ketones (excluding diaryl/α,β-unsaturated/α-hetero) is 1. The van der Waals surface area contributed by atoms with Crippen molar-refractivity contribution in [3.63, 3.8) is 0 Å². The van der Waals surface area contributed by atoms with E-state index in [0.717, 1.165) is 38.5 Å². The first-order valence-electron chi connectivity index (χ1n) is 5.19. The summed E-state index contributed by atoms with van der Waals surface area (Å²) in [5.41, 5.74) is 4.05. The molecule has 0 atom stereocenters. The Bertz CT molecular complexity index is 486. The SMILES string of the molecule is CC1=C(/C=C(\C)Br)C(=O)C2=C1CCC(Br)=C2. The molecule has 0 unspecified atom stereocenters. The van der Waals surface area contributed by atoms with E-state index in [4.69, 9.17) is 0 Å². The summed E-state index contributed by atoms with van der Waals surface area (Å²) in [5.74, 6) is 0.156. The molecule has 0 aromatic rings. The number of carbonyl (C=O) groups excluding carboxylic acids is 1. The molecule has 0 saturated heterocycles. The summed E-state index contributed by atoms with van der Waals surface area (Å²) in [6.07, 6.45) is 5.84. The van der Waals surface area contributed by atoms with E-state index >= 15 is 0 Å². The highest BCUT2D eigenvalue weighted by atomic mass is 79.9. The van der Waals surface area contributed by atoms with Crippen LogP contribution in [0.1, 0.15) is 26.7 Å². The maximum absolute atomic E-state index is 12.2. The molecular weight excluding hydrogens is 332 g/mol. The lowest BCUT2D eigenvalue weighted by molar-refractivity contribution is -0.111. The first-order chi connectivity index (χ1) is 7.50. The van der Waals surface area contributed by atoms with Crippen LogP contribution in [-0.4, -0.2) is 5.78 Å². The largest absolute Gasteiger partial charge is 0.289 e. The molecule has 0 fully saturated rings. The van der Waals surface area contributed by atoms with E-state index < -0.39 is 0 Å². The van der Waals surface area contributed by atoms with Crippen LogP contribution in [0.5, 0.6) is 0 Å². The quantitative estimate of drug-likeness (QED) is 0.682. The zero-order chi connectivity index (χ0) is 11.9. The van der Waals surface area contributed by atoms with Gasteiger partial charge in [0.15, 0.2) is 5.78 Å². The van der Waals surface area contributed by atoms with Crippen LogP contribution in [0.25, 0.3) is 0 Å². The molecule has 0 aliphatic heterocycles. The fraction of sp³-hybridized carbons (Fsp3) is 0.308. The predicted octanol–water partition coefficient (Wildman–Crippen LogP) is 4.55. The number of hydrogen-bond acceptors (Lipinski definition) is 1. The van der Waals surface area contributed by atoms with Crippen molar-refractivity contribution < 1.29 is 4.79 Å². The zero-order valence-electron chi connectivity index (χ0n) is 9.23. The van der Waals surface area contributed by atoms with Crippen LogP contribution in [0.3, 0.4) is 0 Å². The van der Waals surface area contributed by atoms with Crippen LogP contribution in [0.2, 0.25) is 0 Å². The van der Waals surface area contributed by atoms with Crippen LogP contribution in [0.4, 0.5) is 0 Å². The molecule has 3 heteroatoms. The molecule has 0 saturated carbocycles. The maximum atomic E-state index is 12.2. The molecule has 0 aromatic heterocycles. The smallest absolute Gasteiger partial charge is 0.193 e. The van der Waals surface area contributed by atoms with E-state index in [9.17, 15) is 4.79 Å². The van der Waals surface area contributed by atoms with Crippen molar-refractivity contribution in [2.45, 2.75) is 26.7 Å². The summed E-state index contributed by atoms with van der Waals surface area (Å²) in [6, 6.07) is 0. The van der Waals surface area contributed by atoms with Gasteiger partial charge in [-0.25, -0.2) is 0 Å². The van der Waals surface area contributed by atoms with Crippen molar-refractivity contribution in [2.75, 3.05) is 0 Å². The average molecular weight is 344 g/mol. The first-order valence-corrected chi connectivity index (χ1v) is 6.78. The molecule has 2 aliphatic carbocycles. The Hall–Kier alpha value is -0.410. The van der Waals surface area contributed by atoms with Crippen molar-refractivity contribution in [3.05, 3.63) is 43.4 Å². The van der Waals surface area contributed by atoms with Gasteiger partial charge in [-0.3, -0.25) is 4.79 Å². The lowest BCUT2D eigenvalue weighted by Gasteiger charge is -2.11. The van der Waals surface area contributed by atoms with Gasteiger partial charge in [-0.15, -0.1) is 0 Å². The van der Waals surface area contributed by atoms with Gasteiger partial charge in [-0.2, -0.15) is 0 Å². The Morgan fingerprint density at radius 2 is 2.12 bits per heavy atom. The number of halogens is 2. The molecule has 2 aliphatic rings. The highest BCUT2D eigenvalue weighted by molar-refractivity contribution is 9.12. The second-order valence-electron chi connectivity index (χ2n) is 4.08.